The predicted octanol–water partition coefficient (Wildman–Crippen LogP) is 7.24. The first-order valence-corrected chi connectivity index (χ1v) is 10.9. The van der Waals surface area contributed by atoms with Gasteiger partial charge in [-0.05, 0) is 42.3 Å². The average molecular weight is 493 g/mol. The largest absolute Gasteiger partial charge is 0.479 e. The highest BCUT2D eigenvalue weighted by molar-refractivity contribution is 6.33. The number of hydrogen-bond donors (Lipinski definition) is 2. The van der Waals surface area contributed by atoms with Crippen molar-refractivity contribution < 1.29 is 27.8 Å². The zero-order chi connectivity index (χ0) is 25.1. The summed E-state index contributed by atoms with van der Waals surface area (Å²) in [5.74, 6) is -1.56. The summed E-state index contributed by atoms with van der Waals surface area (Å²) in [6, 6.07) is 16.8. The lowest BCUT2D eigenvalue weighted by atomic mass is 9.74. The second-order valence-electron chi connectivity index (χ2n) is 8.18. The van der Waals surface area contributed by atoms with Crippen molar-refractivity contribution in [3.63, 3.8) is 0 Å². The average Bonchev–Trinajstić information content (AvgIpc) is 2.77. The number of benzene rings is 2. The number of nitrogens with one attached hydrogen (secondary N) is 1. The van der Waals surface area contributed by atoms with Crippen molar-refractivity contribution in [1.29, 1.82) is 0 Å². The molecule has 0 saturated carbocycles. The molecule has 9 heteroatoms. The summed E-state index contributed by atoms with van der Waals surface area (Å²) in [4.78, 5) is 17.2. The van der Waals surface area contributed by atoms with E-state index in [0.29, 0.717) is 11.4 Å². The van der Waals surface area contributed by atoms with Gasteiger partial charge in [0.05, 0.1) is 22.0 Å². The van der Waals surface area contributed by atoms with E-state index in [1.807, 2.05) is 18.2 Å². The van der Waals surface area contributed by atoms with Gasteiger partial charge in [-0.25, -0.2) is 9.78 Å². The van der Waals surface area contributed by atoms with Crippen LogP contribution in [-0.4, -0.2) is 21.6 Å². The lowest BCUT2D eigenvalue weighted by molar-refractivity contribution is -0.145. The van der Waals surface area contributed by atoms with Crippen LogP contribution in [0.4, 0.5) is 18.9 Å². The molecule has 0 amide bonds. The fourth-order valence-electron chi connectivity index (χ4n) is 3.83. The number of rotatable bonds is 8. The van der Waals surface area contributed by atoms with E-state index in [0.717, 1.165) is 18.2 Å². The van der Waals surface area contributed by atoms with Crippen LogP contribution in [0.5, 0.6) is 11.6 Å². The van der Waals surface area contributed by atoms with E-state index >= 15 is 0 Å². The van der Waals surface area contributed by atoms with Crippen molar-refractivity contribution in [3.05, 3.63) is 83.0 Å². The van der Waals surface area contributed by atoms with Crippen LogP contribution < -0.4 is 10.1 Å². The third-order valence-corrected chi connectivity index (χ3v) is 6.05. The van der Waals surface area contributed by atoms with Crippen LogP contribution in [0.15, 0.2) is 66.7 Å². The number of pyridine rings is 1. The third-order valence-electron chi connectivity index (χ3n) is 5.74. The number of alkyl halides is 3. The summed E-state index contributed by atoms with van der Waals surface area (Å²) >= 11 is 6.13. The monoisotopic (exact) mass is 492 g/mol. The summed E-state index contributed by atoms with van der Waals surface area (Å²) in [6.07, 6.45) is -4.57. The molecule has 0 bridgehead atoms. The minimum absolute atomic E-state index is 0.0781. The maximum absolute atomic E-state index is 13.0. The van der Waals surface area contributed by atoms with Gasteiger partial charge in [0, 0.05) is 12.0 Å². The zero-order valence-corrected chi connectivity index (χ0v) is 19.5. The Labute approximate surface area is 200 Å². The molecule has 0 fully saturated rings. The summed E-state index contributed by atoms with van der Waals surface area (Å²) in [6.45, 7) is 5.10. The molecule has 180 valence electrons. The fraction of sp³-hybridized carbons (Fsp3) is 0.280. The Bertz CT molecular complexity index is 1160. The molecule has 3 rings (SSSR count). The van der Waals surface area contributed by atoms with Crippen molar-refractivity contribution in [2.24, 2.45) is 5.92 Å². The van der Waals surface area contributed by atoms with Crippen LogP contribution >= 0.6 is 11.6 Å². The predicted molar refractivity (Wildman–Crippen MR) is 124 cm³/mol. The summed E-state index contributed by atoms with van der Waals surface area (Å²) < 4.78 is 44.9. The van der Waals surface area contributed by atoms with Crippen LogP contribution in [0.2, 0.25) is 5.02 Å². The first kappa shape index (κ1) is 25.4. The van der Waals surface area contributed by atoms with E-state index in [9.17, 15) is 23.1 Å². The van der Waals surface area contributed by atoms with E-state index in [1.165, 1.54) is 0 Å². The zero-order valence-electron chi connectivity index (χ0n) is 18.7. The van der Waals surface area contributed by atoms with Gasteiger partial charge in [-0.15, -0.1) is 0 Å². The van der Waals surface area contributed by atoms with Gasteiger partial charge >= 0.3 is 12.1 Å². The molecule has 0 aliphatic rings. The van der Waals surface area contributed by atoms with Crippen LogP contribution in [0.25, 0.3) is 0 Å². The Kier molecular flexibility index (Phi) is 7.41. The summed E-state index contributed by atoms with van der Waals surface area (Å²) in [5.41, 5.74) is -2.05. The minimum atomic E-state index is -4.57. The van der Waals surface area contributed by atoms with E-state index in [1.54, 1.807) is 51.1 Å². The highest BCUT2D eigenvalue weighted by Gasteiger charge is 2.48. The Morgan fingerprint density at radius 2 is 1.71 bits per heavy atom. The number of hydrogen-bond acceptors (Lipinski definition) is 4. The normalized spacial score (nSPS) is 14.4. The van der Waals surface area contributed by atoms with Crippen LogP contribution in [0.3, 0.4) is 0 Å². The summed E-state index contributed by atoms with van der Waals surface area (Å²) in [7, 11) is 0. The van der Waals surface area contributed by atoms with Gasteiger partial charge < -0.3 is 15.2 Å². The number of carbonyl (C=O) groups is 1. The van der Waals surface area contributed by atoms with Crippen molar-refractivity contribution in [3.8, 4) is 11.6 Å². The molecular weight excluding hydrogens is 469 g/mol. The molecule has 5 nitrogen and oxygen atoms in total. The summed E-state index contributed by atoms with van der Waals surface area (Å²) in [5, 5.41) is 13.0. The number of carboxylic acids is 1. The molecular formula is C25H24ClF3N2O3. The van der Waals surface area contributed by atoms with E-state index in [4.69, 9.17) is 16.3 Å². The van der Waals surface area contributed by atoms with Gasteiger partial charge in [-0.2, -0.15) is 13.2 Å². The number of aromatic nitrogens is 1. The number of anilines is 1. The molecule has 2 unspecified atom stereocenters. The lowest BCUT2D eigenvalue weighted by Crippen LogP contribution is -2.55. The van der Waals surface area contributed by atoms with Gasteiger partial charge in [0.25, 0.3) is 0 Å². The van der Waals surface area contributed by atoms with Gasteiger partial charge in [0.2, 0.25) is 5.88 Å². The SMILES string of the molecule is CC(C)C(Nc1ccc(C(F)(F)F)cc1Cl)(C(=O)O)C(C)c1cccc(Oc2ccccc2)n1. The van der Waals surface area contributed by atoms with E-state index < -0.39 is 35.1 Å². The highest BCUT2D eigenvalue weighted by atomic mass is 35.5. The lowest BCUT2D eigenvalue weighted by Gasteiger charge is -2.40. The Morgan fingerprint density at radius 3 is 2.26 bits per heavy atom. The van der Waals surface area contributed by atoms with Crippen molar-refractivity contribution in [2.45, 2.75) is 38.4 Å². The number of ether oxygens (including phenoxy) is 1. The maximum atomic E-state index is 13.0. The first-order chi connectivity index (χ1) is 15.9. The molecule has 0 aliphatic heterocycles. The molecule has 34 heavy (non-hydrogen) atoms. The molecule has 3 aromatic rings. The first-order valence-electron chi connectivity index (χ1n) is 10.5. The molecule has 0 spiro atoms. The van der Waals surface area contributed by atoms with E-state index in [2.05, 4.69) is 10.3 Å². The number of aliphatic carboxylic acids is 1. The Balaban J connectivity index is 1.99. The molecule has 0 radical (unpaired) electrons. The van der Waals surface area contributed by atoms with Gasteiger partial charge in [0.1, 0.15) is 11.3 Å². The second kappa shape index (κ2) is 9.93. The van der Waals surface area contributed by atoms with Crippen LogP contribution in [0, 0.1) is 5.92 Å². The molecule has 2 atom stereocenters. The Hall–Kier alpha value is -3.26. The smallest absolute Gasteiger partial charge is 0.416 e. The standard InChI is InChI=1S/C25H24ClF3N2O3/c1-15(2)24(23(32)33,31-21-13-12-17(14-19(21)26)25(27,28)29)16(3)20-10-7-11-22(30-20)34-18-8-5-4-6-9-18/h4-16,31H,1-3H3,(H,32,33). The van der Waals surface area contributed by atoms with Crippen molar-refractivity contribution in [2.75, 3.05) is 5.32 Å². The third kappa shape index (κ3) is 5.28. The molecule has 1 aromatic heterocycles. The number of halogens is 4. The van der Waals surface area contributed by atoms with Gasteiger partial charge in [-0.3, -0.25) is 0 Å². The van der Waals surface area contributed by atoms with Crippen LogP contribution in [0.1, 0.15) is 37.9 Å². The van der Waals surface area contributed by atoms with Gasteiger partial charge in [-0.1, -0.05) is 56.6 Å². The number of carboxylic acid groups (broad SMARTS) is 1. The van der Waals surface area contributed by atoms with Crippen LogP contribution in [-0.2, 0) is 11.0 Å². The molecule has 1 heterocycles. The van der Waals surface area contributed by atoms with Gasteiger partial charge in [0.15, 0.2) is 0 Å². The molecule has 0 aliphatic carbocycles. The van der Waals surface area contributed by atoms with E-state index in [-0.39, 0.29) is 16.6 Å². The number of para-hydroxylation sites is 1. The topological polar surface area (TPSA) is 71.5 Å². The minimum Gasteiger partial charge on any atom is -0.479 e. The van der Waals surface area contributed by atoms with Crippen molar-refractivity contribution >= 4 is 23.3 Å². The van der Waals surface area contributed by atoms with Crippen molar-refractivity contribution in [1.82, 2.24) is 4.98 Å². The maximum Gasteiger partial charge on any atom is 0.416 e. The molecule has 2 N–H and O–H groups in total. The quantitative estimate of drug-likeness (QED) is 0.347. The molecule has 0 saturated heterocycles. The fourth-order valence-corrected chi connectivity index (χ4v) is 4.05. The highest BCUT2D eigenvalue weighted by Crippen LogP contribution is 2.41. The Morgan fingerprint density at radius 1 is 1.03 bits per heavy atom. The second-order valence-corrected chi connectivity index (χ2v) is 8.59. The number of nitrogens with zero attached hydrogens (tertiary/aromatic N) is 1. The molecule has 2 aromatic carbocycles.